The molecule has 2 rings (SSSR count). The molecule has 2 nitrogen and oxygen atoms in total. The molecular formula is C9H13NOS. The van der Waals surface area contributed by atoms with Gasteiger partial charge in [-0.15, -0.1) is 11.3 Å². The van der Waals surface area contributed by atoms with Gasteiger partial charge in [0.1, 0.15) is 0 Å². The Labute approximate surface area is 76.3 Å². The second-order valence-corrected chi connectivity index (χ2v) is 4.00. The maximum Gasteiger partial charge on any atom is 0.0957 e. The summed E-state index contributed by atoms with van der Waals surface area (Å²) in [5, 5.41) is 2.13. The Morgan fingerprint density at radius 3 is 3.42 bits per heavy atom. The van der Waals surface area contributed by atoms with Crippen LogP contribution >= 0.6 is 11.3 Å². The molecule has 12 heavy (non-hydrogen) atoms. The summed E-state index contributed by atoms with van der Waals surface area (Å²) in [6, 6.07) is 2.14. The van der Waals surface area contributed by atoms with Crippen LogP contribution in [0.2, 0.25) is 0 Å². The summed E-state index contributed by atoms with van der Waals surface area (Å²) in [6.07, 6.45) is 2.43. The highest BCUT2D eigenvalue weighted by Crippen LogP contribution is 2.29. The Morgan fingerprint density at radius 2 is 2.58 bits per heavy atom. The first-order valence-corrected chi connectivity index (χ1v) is 5.17. The molecule has 1 atom stereocenters. The van der Waals surface area contributed by atoms with Gasteiger partial charge in [0.25, 0.3) is 0 Å². The average Bonchev–Trinajstić information content (AvgIpc) is 2.46. The Bertz CT molecular complexity index is 259. The van der Waals surface area contributed by atoms with Crippen molar-refractivity contribution in [1.29, 1.82) is 0 Å². The van der Waals surface area contributed by atoms with Crippen molar-refractivity contribution in [3.8, 4) is 0 Å². The molecule has 2 N–H and O–H groups in total. The van der Waals surface area contributed by atoms with Crippen molar-refractivity contribution in [2.24, 2.45) is 5.73 Å². The number of aryl methyl sites for hydroxylation is 1. The third-order valence-corrected chi connectivity index (χ3v) is 3.20. The van der Waals surface area contributed by atoms with Gasteiger partial charge in [0, 0.05) is 18.0 Å². The van der Waals surface area contributed by atoms with Gasteiger partial charge in [-0.1, -0.05) is 0 Å². The number of thiophene rings is 1. The predicted octanol–water partition coefficient (Wildman–Crippen LogP) is 1.71. The van der Waals surface area contributed by atoms with Crippen LogP contribution < -0.4 is 5.73 Å². The standard InChI is InChI=1S/C9H13NOS/c10-6-8-7-3-5-12-9(7)2-1-4-11-8/h3,5,8H,1-2,4,6,10H2. The Kier molecular flexibility index (Phi) is 2.44. The molecule has 1 aliphatic heterocycles. The van der Waals surface area contributed by atoms with Crippen molar-refractivity contribution in [1.82, 2.24) is 0 Å². The highest BCUT2D eigenvalue weighted by molar-refractivity contribution is 7.10. The molecular weight excluding hydrogens is 170 g/mol. The molecule has 0 saturated carbocycles. The average molecular weight is 183 g/mol. The van der Waals surface area contributed by atoms with Gasteiger partial charge in [0.05, 0.1) is 6.10 Å². The van der Waals surface area contributed by atoms with E-state index < -0.39 is 0 Å². The van der Waals surface area contributed by atoms with E-state index in [1.54, 1.807) is 0 Å². The molecule has 0 aliphatic carbocycles. The molecule has 3 heteroatoms. The molecule has 0 bridgehead atoms. The maximum atomic E-state index is 5.63. The van der Waals surface area contributed by atoms with Crippen molar-refractivity contribution in [3.63, 3.8) is 0 Å². The van der Waals surface area contributed by atoms with Crippen molar-refractivity contribution in [2.45, 2.75) is 18.9 Å². The SMILES string of the molecule is NCC1OCCCc2sccc21. The lowest BCUT2D eigenvalue weighted by molar-refractivity contribution is 0.0628. The van der Waals surface area contributed by atoms with E-state index in [2.05, 4.69) is 11.4 Å². The van der Waals surface area contributed by atoms with Crippen molar-refractivity contribution >= 4 is 11.3 Å². The van der Waals surface area contributed by atoms with Crippen LogP contribution in [0.1, 0.15) is 23.0 Å². The zero-order valence-corrected chi connectivity index (χ0v) is 7.77. The van der Waals surface area contributed by atoms with E-state index >= 15 is 0 Å². The number of fused-ring (bicyclic) bond motifs is 1. The third-order valence-electron chi connectivity index (χ3n) is 2.21. The second-order valence-electron chi connectivity index (χ2n) is 3.00. The summed E-state index contributed by atoms with van der Waals surface area (Å²) in [4.78, 5) is 1.46. The number of nitrogens with two attached hydrogens (primary N) is 1. The molecule has 1 aromatic rings. The van der Waals surface area contributed by atoms with Crippen LogP contribution in [-0.4, -0.2) is 13.2 Å². The molecule has 2 heterocycles. The number of hydrogen-bond acceptors (Lipinski definition) is 3. The van der Waals surface area contributed by atoms with Crippen LogP contribution in [-0.2, 0) is 11.2 Å². The van der Waals surface area contributed by atoms with Gasteiger partial charge < -0.3 is 10.5 Å². The molecule has 66 valence electrons. The lowest BCUT2D eigenvalue weighted by Gasteiger charge is -2.12. The second kappa shape index (κ2) is 3.56. The summed E-state index contributed by atoms with van der Waals surface area (Å²) in [6.45, 7) is 1.45. The Morgan fingerprint density at radius 1 is 1.67 bits per heavy atom. The van der Waals surface area contributed by atoms with Crippen molar-refractivity contribution in [2.75, 3.05) is 13.2 Å². The Hall–Kier alpha value is -0.380. The van der Waals surface area contributed by atoms with Crippen LogP contribution in [0, 0.1) is 0 Å². The molecule has 1 aliphatic rings. The van der Waals surface area contributed by atoms with E-state index in [1.165, 1.54) is 10.4 Å². The fourth-order valence-electron chi connectivity index (χ4n) is 1.58. The Balaban J connectivity index is 2.29. The lowest BCUT2D eigenvalue weighted by atomic mass is 10.1. The third kappa shape index (κ3) is 1.40. The molecule has 0 spiro atoms. The smallest absolute Gasteiger partial charge is 0.0957 e. The summed E-state index contributed by atoms with van der Waals surface area (Å²) < 4.78 is 5.62. The van der Waals surface area contributed by atoms with Crippen LogP contribution in [0.15, 0.2) is 11.4 Å². The van der Waals surface area contributed by atoms with Crippen LogP contribution in [0.4, 0.5) is 0 Å². The highest BCUT2D eigenvalue weighted by Gasteiger charge is 2.18. The normalized spacial score (nSPS) is 23.2. The molecule has 1 unspecified atom stereocenters. The summed E-state index contributed by atoms with van der Waals surface area (Å²) in [5.41, 5.74) is 6.95. The van der Waals surface area contributed by atoms with Crippen molar-refractivity contribution < 1.29 is 4.74 Å². The fraction of sp³-hybridized carbons (Fsp3) is 0.556. The quantitative estimate of drug-likeness (QED) is 0.719. The van der Waals surface area contributed by atoms with Gasteiger partial charge in [0.2, 0.25) is 0 Å². The summed E-state index contributed by atoms with van der Waals surface area (Å²) in [5.74, 6) is 0. The largest absolute Gasteiger partial charge is 0.372 e. The number of ether oxygens (including phenoxy) is 1. The minimum absolute atomic E-state index is 0.147. The van der Waals surface area contributed by atoms with E-state index in [4.69, 9.17) is 10.5 Å². The van der Waals surface area contributed by atoms with Gasteiger partial charge >= 0.3 is 0 Å². The molecule has 1 aromatic heterocycles. The highest BCUT2D eigenvalue weighted by atomic mass is 32.1. The first-order chi connectivity index (χ1) is 5.92. The van der Waals surface area contributed by atoms with E-state index in [9.17, 15) is 0 Å². The van der Waals surface area contributed by atoms with Gasteiger partial charge in [-0.25, -0.2) is 0 Å². The first kappa shape index (κ1) is 8.23. The minimum Gasteiger partial charge on any atom is -0.372 e. The van der Waals surface area contributed by atoms with E-state index in [1.807, 2.05) is 11.3 Å². The summed E-state index contributed by atoms with van der Waals surface area (Å²) >= 11 is 1.82. The number of rotatable bonds is 1. The van der Waals surface area contributed by atoms with Gasteiger partial charge in [0.15, 0.2) is 0 Å². The molecule has 0 radical (unpaired) electrons. The summed E-state index contributed by atoms with van der Waals surface area (Å²) in [7, 11) is 0. The fourth-order valence-corrected chi connectivity index (χ4v) is 2.56. The van der Waals surface area contributed by atoms with E-state index in [0.717, 1.165) is 19.4 Å². The minimum atomic E-state index is 0.147. The zero-order chi connectivity index (χ0) is 8.39. The van der Waals surface area contributed by atoms with E-state index in [0.29, 0.717) is 6.54 Å². The van der Waals surface area contributed by atoms with Crippen molar-refractivity contribution in [3.05, 3.63) is 21.9 Å². The van der Waals surface area contributed by atoms with Gasteiger partial charge in [-0.05, 0) is 29.9 Å². The van der Waals surface area contributed by atoms with Gasteiger partial charge in [-0.3, -0.25) is 0 Å². The predicted molar refractivity (Wildman–Crippen MR) is 50.4 cm³/mol. The first-order valence-electron chi connectivity index (χ1n) is 4.29. The molecule has 0 aromatic carbocycles. The molecule has 0 saturated heterocycles. The molecule has 0 amide bonds. The van der Waals surface area contributed by atoms with Crippen LogP contribution in [0.25, 0.3) is 0 Å². The van der Waals surface area contributed by atoms with Crippen LogP contribution in [0.5, 0.6) is 0 Å². The monoisotopic (exact) mass is 183 g/mol. The van der Waals surface area contributed by atoms with E-state index in [-0.39, 0.29) is 6.10 Å². The maximum absolute atomic E-state index is 5.63. The number of hydrogen-bond donors (Lipinski definition) is 1. The lowest BCUT2D eigenvalue weighted by Crippen LogP contribution is -2.14. The zero-order valence-electron chi connectivity index (χ0n) is 6.95. The van der Waals surface area contributed by atoms with Gasteiger partial charge in [-0.2, -0.15) is 0 Å². The topological polar surface area (TPSA) is 35.2 Å². The van der Waals surface area contributed by atoms with Crippen LogP contribution in [0.3, 0.4) is 0 Å². The molecule has 0 fully saturated rings.